The minimum atomic E-state index is -5.90. The Morgan fingerprint density at radius 3 is 1.86 bits per heavy atom. The molecule has 4 saturated carbocycles. The average molecular weight is 817 g/mol. The summed E-state index contributed by atoms with van der Waals surface area (Å²) in [6, 6.07) is 9.93. The van der Waals surface area contributed by atoms with Crippen LogP contribution in [0.2, 0.25) is 0 Å². The van der Waals surface area contributed by atoms with Crippen molar-refractivity contribution in [3.05, 3.63) is 63.7 Å². The van der Waals surface area contributed by atoms with Gasteiger partial charge in [-0.25, -0.2) is 0 Å². The molecule has 0 spiro atoms. The molecule has 6 fully saturated rings. The fraction of sp³-hybridized carbons (Fsp3) is 0.682. The molecule has 2 aliphatic heterocycles. The van der Waals surface area contributed by atoms with Gasteiger partial charge in [-0.05, 0) is 125 Å². The Morgan fingerprint density at radius 2 is 1.30 bits per heavy atom. The summed E-state index contributed by atoms with van der Waals surface area (Å²) in [6.45, 7) is 7.22. The third-order valence-corrected chi connectivity index (χ3v) is 16.2. The summed E-state index contributed by atoms with van der Waals surface area (Å²) < 4.78 is 68.1. The Labute approximate surface area is 335 Å². The lowest BCUT2D eigenvalue weighted by Crippen LogP contribution is -2.73. The third-order valence-electron chi connectivity index (χ3n) is 15.2. The van der Waals surface area contributed by atoms with Crippen molar-refractivity contribution < 1.29 is 47.0 Å². The van der Waals surface area contributed by atoms with Crippen LogP contribution in [0.4, 0.5) is 13.2 Å². The topological polar surface area (TPSA) is 124 Å². The number of nitrogens with zero attached hydrogens (tertiary/aromatic N) is 2. The van der Waals surface area contributed by atoms with Crippen molar-refractivity contribution in [2.24, 2.45) is 11.8 Å². The lowest BCUT2D eigenvalue weighted by molar-refractivity contribution is -0.173. The number of alkyl halides is 3. The first kappa shape index (κ1) is 40.9. The van der Waals surface area contributed by atoms with Crippen molar-refractivity contribution in [2.75, 3.05) is 26.2 Å². The minimum Gasteiger partial charge on any atom is -0.387 e. The number of carbonyl (C=O) groups is 2. The summed E-state index contributed by atoms with van der Waals surface area (Å²) in [5.74, 6) is 1.30. The van der Waals surface area contributed by atoms with Gasteiger partial charge in [-0.1, -0.05) is 43.3 Å². The highest BCUT2D eigenvalue weighted by Gasteiger charge is 2.67. The molecule has 9 nitrogen and oxygen atoms in total. The second kappa shape index (κ2) is 13.9. The highest BCUT2D eigenvalue weighted by atomic mass is 32.2. The van der Waals surface area contributed by atoms with Crippen LogP contribution in [-0.2, 0) is 43.4 Å². The number of benzene rings is 2. The number of aryl methyl sites for hydroxylation is 2. The van der Waals surface area contributed by atoms with Gasteiger partial charge in [0.2, 0.25) is 0 Å². The molecule has 0 unspecified atom stereocenters. The molecule has 0 amide bonds. The zero-order valence-electron chi connectivity index (χ0n) is 32.3. The van der Waals surface area contributed by atoms with Crippen LogP contribution in [-0.4, -0.2) is 95.0 Å². The van der Waals surface area contributed by atoms with Crippen molar-refractivity contribution in [1.82, 2.24) is 9.80 Å². The largest absolute Gasteiger partial charge is 0.534 e. The molecule has 314 valence electrons. The molecule has 2 heterocycles. The first-order valence-corrected chi connectivity index (χ1v) is 22.0. The van der Waals surface area contributed by atoms with E-state index >= 15 is 0 Å². The lowest BCUT2D eigenvalue weighted by atomic mass is 9.49. The maximum Gasteiger partial charge on any atom is 0.534 e. The molecule has 10 rings (SSSR count). The van der Waals surface area contributed by atoms with E-state index in [1.165, 1.54) is 36.5 Å². The fourth-order valence-electron chi connectivity index (χ4n) is 12.1. The number of carbonyl (C=O) groups excluding carboxylic acids is 2. The quantitative estimate of drug-likeness (QED) is 0.245. The van der Waals surface area contributed by atoms with Gasteiger partial charge in [0, 0.05) is 68.7 Å². The van der Waals surface area contributed by atoms with Crippen LogP contribution >= 0.6 is 0 Å². The predicted molar refractivity (Wildman–Crippen MR) is 211 cm³/mol. The van der Waals surface area contributed by atoms with Crippen LogP contribution < -0.4 is 4.18 Å². The first-order chi connectivity index (χ1) is 26.4. The van der Waals surface area contributed by atoms with Crippen molar-refractivity contribution in [3.8, 4) is 5.75 Å². The number of halogens is 3. The number of fused-ring (bicyclic) bond motifs is 2. The van der Waals surface area contributed by atoms with Crippen molar-refractivity contribution in [1.29, 1.82) is 0 Å². The number of piperidine rings is 2. The zero-order valence-corrected chi connectivity index (χ0v) is 33.1. The molecule has 2 N–H and O–H groups in total. The molecule has 2 saturated heterocycles. The molecule has 2 aromatic carbocycles. The van der Waals surface area contributed by atoms with Gasteiger partial charge in [-0.3, -0.25) is 19.4 Å². The second-order valence-corrected chi connectivity index (χ2v) is 20.2. The predicted octanol–water partition coefficient (Wildman–Crippen LogP) is 6.63. The molecule has 6 aliphatic carbocycles. The van der Waals surface area contributed by atoms with E-state index < -0.39 is 32.2 Å². The van der Waals surface area contributed by atoms with Crippen molar-refractivity contribution in [2.45, 2.75) is 151 Å². The third kappa shape index (κ3) is 6.42. The first-order valence-electron chi connectivity index (χ1n) is 20.6. The maximum absolute atomic E-state index is 13.2. The molecule has 2 aromatic rings. The van der Waals surface area contributed by atoms with Crippen molar-refractivity contribution >= 4 is 21.7 Å². The number of likely N-dealkylation sites (tertiary alicyclic amines) is 2. The number of aliphatic hydroxyl groups is 2. The summed E-state index contributed by atoms with van der Waals surface area (Å²) in [7, 11) is -5.90. The van der Waals surface area contributed by atoms with Crippen molar-refractivity contribution in [3.63, 3.8) is 0 Å². The van der Waals surface area contributed by atoms with Gasteiger partial charge >= 0.3 is 15.6 Å². The number of hydrogen-bond donors (Lipinski definition) is 2. The molecular weight excluding hydrogens is 758 g/mol. The Hall–Kier alpha value is -2.84. The summed E-state index contributed by atoms with van der Waals surface area (Å²) in [5, 5.41) is 24.0. The average Bonchev–Trinajstić information content (AvgIpc) is 4.07. The van der Waals surface area contributed by atoms with E-state index in [1.807, 2.05) is 0 Å². The molecule has 6 atom stereocenters. The molecule has 0 aromatic heterocycles. The Kier molecular flexibility index (Phi) is 9.95. The monoisotopic (exact) mass is 816 g/mol. The Balaban J connectivity index is 0.000000177. The van der Waals surface area contributed by atoms with Gasteiger partial charge in [0.25, 0.3) is 0 Å². The van der Waals surface area contributed by atoms with Gasteiger partial charge in [0.1, 0.15) is 17.3 Å². The molecule has 0 radical (unpaired) electrons. The van der Waals surface area contributed by atoms with Gasteiger partial charge in [0.05, 0.1) is 11.2 Å². The van der Waals surface area contributed by atoms with Crippen LogP contribution in [0.1, 0.15) is 119 Å². The van der Waals surface area contributed by atoms with E-state index in [4.69, 9.17) is 4.18 Å². The summed E-state index contributed by atoms with van der Waals surface area (Å²) in [4.78, 5) is 29.8. The van der Waals surface area contributed by atoms with E-state index in [0.29, 0.717) is 55.9 Å². The summed E-state index contributed by atoms with van der Waals surface area (Å²) >= 11 is 0. The summed E-state index contributed by atoms with van der Waals surface area (Å²) in [6.07, 6.45) is 9.69. The van der Waals surface area contributed by atoms with Crippen LogP contribution in [0, 0.1) is 25.7 Å². The lowest BCUT2D eigenvalue weighted by Gasteiger charge is -2.63. The highest BCUT2D eigenvalue weighted by molar-refractivity contribution is 7.88. The number of hydrogen-bond acceptors (Lipinski definition) is 9. The number of rotatable bonds is 6. The Bertz CT molecular complexity index is 2090. The van der Waals surface area contributed by atoms with E-state index in [0.717, 1.165) is 51.2 Å². The molecule has 57 heavy (non-hydrogen) atoms. The molecular formula is C44H59F3N2O7S. The van der Waals surface area contributed by atoms with Gasteiger partial charge in [0.15, 0.2) is 0 Å². The standard InChI is InChI=1S/C22H26F3NO5S.C21H27NO2.CH4.H2/c1-13-2-5-15-10-17-21(28)7-6-16(27)11-20(21,8-9-26(17)12-14-3-4-14)18(15)19(13)31-32(29,30)22(23,24)25;1-14-2-5-16-11-19-21(24)7-6-17(23)12-20(21,18(16)10-14)8-9-22(19)13-15-3-4-15;;/h2,5,14,17,28H,3-4,6-12H2,1H3;2,5,10,15,19,24H,3-4,6-9,11-13H2,1H3;1H4;1H/t17-,20-,21-;19-,20-,21-;;/m11../s1. The number of Topliss-reactive ketones (excluding diaryl/α,β-unsaturated/α-hetero) is 2. The number of ketones is 2. The molecule has 13 heteroatoms. The van der Waals surface area contributed by atoms with E-state index in [1.54, 1.807) is 12.1 Å². The Morgan fingerprint density at radius 1 is 0.789 bits per heavy atom. The van der Waals surface area contributed by atoms with Crippen LogP contribution in [0.25, 0.3) is 0 Å². The maximum atomic E-state index is 13.2. The summed E-state index contributed by atoms with van der Waals surface area (Å²) in [5.41, 5.74) is -4.13. The smallest absolute Gasteiger partial charge is 0.387 e. The minimum absolute atomic E-state index is 0. The highest BCUT2D eigenvalue weighted by Crippen LogP contribution is 2.61. The SMILES string of the molecule is C.Cc1ccc2c(c1)[C@]13CCN(CC4CC4)[C@H](C2)[C@]1(O)CCC(=O)C3.Cc1ccc2c(c1OS(=O)(=O)C(F)(F)F)[C@]13CCN(CC4CC4)[C@H](C2)[C@]1(O)CCC(=O)C3.[HH]. The van der Waals surface area contributed by atoms with Crippen LogP contribution in [0.3, 0.4) is 0 Å². The van der Waals surface area contributed by atoms with Gasteiger partial charge in [-0.15, -0.1) is 0 Å². The van der Waals surface area contributed by atoms with E-state index in [9.17, 15) is 41.4 Å². The zero-order chi connectivity index (χ0) is 39.6. The van der Waals surface area contributed by atoms with Crippen LogP contribution in [0.15, 0.2) is 30.3 Å². The molecule has 4 bridgehead atoms. The van der Waals surface area contributed by atoms with E-state index in [-0.39, 0.29) is 68.3 Å². The van der Waals surface area contributed by atoms with Gasteiger partial charge < -0.3 is 14.4 Å². The van der Waals surface area contributed by atoms with Crippen LogP contribution in [0.5, 0.6) is 5.75 Å². The van der Waals surface area contributed by atoms with E-state index in [2.05, 4.69) is 34.9 Å². The second-order valence-electron chi connectivity index (χ2n) is 18.6. The molecule has 8 aliphatic rings. The fourth-order valence-corrected chi connectivity index (χ4v) is 12.6. The van der Waals surface area contributed by atoms with Gasteiger partial charge in [-0.2, -0.15) is 21.6 Å². The normalized spacial score (nSPS) is 34.7.